The van der Waals surface area contributed by atoms with Gasteiger partial charge in [0.05, 0.1) is 0 Å². The van der Waals surface area contributed by atoms with Crippen molar-refractivity contribution in [3.8, 4) is 0 Å². The molecule has 0 aliphatic heterocycles. The Morgan fingerprint density at radius 2 is 1.93 bits per heavy atom. The van der Waals surface area contributed by atoms with E-state index in [-0.39, 0.29) is 0 Å². The molecule has 0 heterocycles. The molecule has 2 heteroatoms. The maximum atomic E-state index is 5.82. The van der Waals surface area contributed by atoms with Gasteiger partial charge in [0.2, 0.25) is 0 Å². The van der Waals surface area contributed by atoms with E-state index in [4.69, 9.17) is 11.6 Å². The Kier molecular flexibility index (Phi) is 5.74. The van der Waals surface area contributed by atoms with Crippen molar-refractivity contribution in [2.24, 2.45) is 5.92 Å². The molecule has 15 heavy (non-hydrogen) atoms. The second-order valence-corrected chi connectivity index (χ2v) is 4.53. The van der Waals surface area contributed by atoms with Crippen LogP contribution in [-0.4, -0.2) is 13.1 Å². The second kappa shape index (κ2) is 6.86. The highest BCUT2D eigenvalue weighted by Gasteiger charge is 1.97. The molecule has 0 spiro atoms. The van der Waals surface area contributed by atoms with Gasteiger partial charge >= 0.3 is 0 Å². The molecular weight excluding hydrogens is 206 g/mol. The summed E-state index contributed by atoms with van der Waals surface area (Å²) in [4.78, 5) is 0. The number of nitrogens with one attached hydrogen (secondary N) is 1. The Morgan fingerprint density at radius 3 is 2.53 bits per heavy atom. The predicted octanol–water partition coefficient (Wildman–Crippen LogP) is 3.52. The summed E-state index contributed by atoms with van der Waals surface area (Å²) in [6, 6.07) is 8.08. The molecule has 0 aliphatic carbocycles. The summed E-state index contributed by atoms with van der Waals surface area (Å²) in [6.45, 7) is 6.66. The summed E-state index contributed by atoms with van der Waals surface area (Å²) in [5.41, 5.74) is 1.34. The molecule has 0 amide bonds. The zero-order valence-electron chi connectivity index (χ0n) is 9.59. The number of hydrogen-bond donors (Lipinski definition) is 1. The molecule has 84 valence electrons. The van der Waals surface area contributed by atoms with Crippen LogP contribution in [0.3, 0.4) is 0 Å². The summed E-state index contributed by atoms with van der Waals surface area (Å²) < 4.78 is 0. The molecule has 0 fully saturated rings. The lowest BCUT2D eigenvalue weighted by Crippen LogP contribution is -2.23. The van der Waals surface area contributed by atoms with Crippen molar-refractivity contribution in [1.29, 1.82) is 0 Å². The van der Waals surface area contributed by atoms with Crippen LogP contribution in [0, 0.1) is 5.92 Å². The van der Waals surface area contributed by atoms with E-state index < -0.39 is 0 Å². The summed E-state index contributed by atoms with van der Waals surface area (Å²) in [7, 11) is 0. The predicted molar refractivity (Wildman–Crippen MR) is 67.5 cm³/mol. The van der Waals surface area contributed by atoms with E-state index in [0.717, 1.165) is 30.5 Å². The number of halogens is 1. The molecule has 1 nitrogen and oxygen atoms in total. The normalized spacial score (nSPS) is 12.7. The minimum Gasteiger partial charge on any atom is -0.316 e. The highest BCUT2D eigenvalue weighted by atomic mass is 35.5. The van der Waals surface area contributed by atoms with Crippen LogP contribution in [0.1, 0.15) is 25.8 Å². The second-order valence-electron chi connectivity index (χ2n) is 4.09. The number of rotatable bonds is 6. The maximum Gasteiger partial charge on any atom is 0.0406 e. The standard InChI is InChI=1S/C13H20ClN/c1-3-11(2)10-15-9-8-12-4-6-13(14)7-5-12/h4-7,11,15H,3,8-10H2,1-2H3/t11-/m1/s1. The summed E-state index contributed by atoms with van der Waals surface area (Å²) >= 11 is 5.82. The van der Waals surface area contributed by atoms with Gasteiger partial charge in [-0.15, -0.1) is 0 Å². The molecule has 1 N–H and O–H groups in total. The van der Waals surface area contributed by atoms with Gasteiger partial charge in [0.1, 0.15) is 0 Å². The molecule has 0 aliphatic rings. The Bertz CT molecular complexity index is 268. The quantitative estimate of drug-likeness (QED) is 0.731. The van der Waals surface area contributed by atoms with Crippen molar-refractivity contribution in [3.63, 3.8) is 0 Å². The van der Waals surface area contributed by atoms with Crippen molar-refractivity contribution in [1.82, 2.24) is 5.32 Å². The van der Waals surface area contributed by atoms with Crippen LogP contribution in [0.2, 0.25) is 5.02 Å². The number of hydrogen-bond acceptors (Lipinski definition) is 1. The molecule has 1 aromatic carbocycles. The maximum absolute atomic E-state index is 5.82. The van der Waals surface area contributed by atoms with Gasteiger partial charge in [-0.3, -0.25) is 0 Å². The number of benzene rings is 1. The van der Waals surface area contributed by atoms with Crippen LogP contribution in [0.15, 0.2) is 24.3 Å². The van der Waals surface area contributed by atoms with Crippen LogP contribution in [0.5, 0.6) is 0 Å². The first-order chi connectivity index (χ1) is 7.22. The fourth-order valence-corrected chi connectivity index (χ4v) is 1.50. The van der Waals surface area contributed by atoms with Crippen LogP contribution < -0.4 is 5.32 Å². The average Bonchev–Trinajstić information content (AvgIpc) is 2.26. The molecular formula is C13H20ClN. The van der Waals surface area contributed by atoms with E-state index >= 15 is 0 Å². The highest BCUT2D eigenvalue weighted by molar-refractivity contribution is 6.30. The smallest absolute Gasteiger partial charge is 0.0406 e. The third-order valence-corrected chi connectivity index (χ3v) is 2.95. The SMILES string of the molecule is CC[C@@H](C)CNCCc1ccc(Cl)cc1. The monoisotopic (exact) mass is 225 g/mol. The van der Waals surface area contributed by atoms with Crippen molar-refractivity contribution < 1.29 is 0 Å². The summed E-state index contributed by atoms with van der Waals surface area (Å²) in [6.07, 6.45) is 2.32. The van der Waals surface area contributed by atoms with Gasteiger partial charge in [-0.25, -0.2) is 0 Å². The van der Waals surface area contributed by atoms with Crippen molar-refractivity contribution in [2.75, 3.05) is 13.1 Å². The highest BCUT2D eigenvalue weighted by Crippen LogP contribution is 2.09. The molecule has 0 radical (unpaired) electrons. The molecule has 1 atom stereocenters. The van der Waals surface area contributed by atoms with Gasteiger partial charge in [0.15, 0.2) is 0 Å². The first-order valence-corrected chi connectivity index (χ1v) is 6.05. The molecule has 0 unspecified atom stereocenters. The van der Waals surface area contributed by atoms with E-state index in [1.165, 1.54) is 12.0 Å². The summed E-state index contributed by atoms with van der Waals surface area (Å²) in [5, 5.41) is 4.28. The van der Waals surface area contributed by atoms with E-state index in [2.05, 4.69) is 31.3 Å². The van der Waals surface area contributed by atoms with E-state index in [1.54, 1.807) is 0 Å². The first-order valence-electron chi connectivity index (χ1n) is 5.67. The molecule has 0 saturated carbocycles. The molecule has 0 aromatic heterocycles. The van der Waals surface area contributed by atoms with Crippen LogP contribution in [-0.2, 0) is 6.42 Å². The lowest BCUT2D eigenvalue weighted by Gasteiger charge is -2.09. The first kappa shape index (κ1) is 12.5. The van der Waals surface area contributed by atoms with Crippen LogP contribution in [0.25, 0.3) is 0 Å². The minimum atomic E-state index is 0.773. The zero-order chi connectivity index (χ0) is 11.1. The molecule has 1 aromatic rings. The van der Waals surface area contributed by atoms with Crippen LogP contribution in [0.4, 0.5) is 0 Å². The average molecular weight is 226 g/mol. The molecule has 0 saturated heterocycles. The van der Waals surface area contributed by atoms with Gasteiger partial charge in [0.25, 0.3) is 0 Å². The van der Waals surface area contributed by atoms with Crippen molar-refractivity contribution >= 4 is 11.6 Å². The zero-order valence-corrected chi connectivity index (χ0v) is 10.3. The Hall–Kier alpha value is -0.530. The Morgan fingerprint density at radius 1 is 1.27 bits per heavy atom. The largest absolute Gasteiger partial charge is 0.316 e. The Balaban J connectivity index is 2.17. The van der Waals surface area contributed by atoms with Crippen LogP contribution >= 0.6 is 11.6 Å². The van der Waals surface area contributed by atoms with Gasteiger partial charge in [-0.05, 0) is 43.1 Å². The fraction of sp³-hybridized carbons (Fsp3) is 0.538. The van der Waals surface area contributed by atoms with Gasteiger partial charge in [0, 0.05) is 5.02 Å². The Labute approximate surface area is 97.8 Å². The van der Waals surface area contributed by atoms with Gasteiger partial charge < -0.3 is 5.32 Å². The van der Waals surface area contributed by atoms with Gasteiger partial charge in [-0.2, -0.15) is 0 Å². The third kappa shape index (κ3) is 5.19. The van der Waals surface area contributed by atoms with Crippen molar-refractivity contribution in [2.45, 2.75) is 26.7 Å². The topological polar surface area (TPSA) is 12.0 Å². The third-order valence-electron chi connectivity index (χ3n) is 2.69. The van der Waals surface area contributed by atoms with Gasteiger partial charge in [-0.1, -0.05) is 44.0 Å². The fourth-order valence-electron chi connectivity index (χ4n) is 1.38. The summed E-state index contributed by atoms with van der Waals surface area (Å²) in [5.74, 6) is 0.773. The lowest BCUT2D eigenvalue weighted by molar-refractivity contribution is 0.502. The van der Waals surface area contributed by atoms with E-state index in [0.29, 0.717) is 0 Å². The van der Waals surface area contributed by atoms with E-state index in [1.807, 2.05) is 12.1 Å². The minimum absolute atomic E-state index is 0.773. The molecule has 1 rings (SSSR count). The molecule has 0 bridgehead atoms. The van der Waals surface area contributed by atoms with Crippen molar-refractivity contribution in [3.05, 3.63) is 34.9 Å². The lowest BCUT2D eigenvalue weighted by atomic mass is 10.1. The van der Waals surface area contributed by atoms with E-state index in [9.17, 15) is 0 Å².